The van der Waals surface area contributed by atoms with Crippen LogP contribution in [0.25, 0.3) is 0 Å². The van der Waals surface area contributed by atoms with Crippen molar-refractivity contribution < 1.29 is 0 Å². The van der Waals surface area contributed by atoms with Gasteiger partial charge in [-0.2, -0.15) is 0 Å². The van der Waals surface area contributed by atoms with Crippen LogP contribution < -0.4 is 10.6 Å². The molecule has 286 valence electrons. The minimum Gasteiger partial charge on any atom is -0.0723 e. The minimum atomic E-state index is -1.20. The lowest BCUT2D eigenvalue weighted by Gasteiger charge is -2.39. The molecule has 0 amide bonds. The predicted octanol–water partition coefficient (Wildman–Crippen LogP) is 17.1. The normalized spacial score (nSPS) is 24.6. The van der Waals surface area contributed by atoms with Crippen molar-refractivity contribution in [3.63, 3.8) is 0 Å². The lowest BCUT2D eigenvalue weighted by atomic mass is 9.76. The fourth-order valence-corrected chi connectivity index (χ4v) is 19.9. The molecule has 0 saturated heterocycles. The number of halogens is 2. The standard InChI is InChI=1S/C48H70Cl2P2/c49-52(50)51(47-43(37-23-11-3-12-24-37)31-41(35-19-7-1-8-20-35)32-44(47)38-25-13-4-14-26-38)48-45(39-27-15-5-16-28-39)33-42(36-21-9-2-10-22-36)34-46(48)40-29-17-6-18-30-40/h31-40H,1-30H2. The maximum atomic E-state index is 7.79. The third-order valence-corrected chi connectivity index (χ3v) is 22.3. The van der Waals surface area contributed by atoms with Gasteiger partial charge in [0.1, 0.15) is 6.32 Å². The Labute approximate surface area is 331 Å². The van der Waals surface area contributed by atoms with Gasteiger partial charge in [0, 0.05) is 7.61 Å². The lowest BCUT2D eigenvalue weighted by molar-refractivity contribution is 0.429. The van der Waals surface area contributed by atoms with Gasteiger partial charge in [0.15, 0.2) is 0 Å². The van der Waals surface area contributed by atoms with Crippen molar-refractivity contribution in [3.05, 3.63) is 57.6 Å². The van der Waals surface area contributed by atoms with E-state index in [0.29, 0.717) is 23.7 Å². The summed E-state index contributed by atoms with van der Waals surface area (Å²) in [6, 6.07) is 11.3. The second-order valence-corrected chi connectivity index (χ2v) is 26.9. The average molecular weight is 780 g/mol. The van der Waals surface area contributed by atoms with Crippen LogP contribution in [-0.4, -0.2) is 0 Å². The van der Waals surface area contributed by atoms with Gasteiger partial charge in [-0.3, -0.25) is 0 Å². The Kier molecular flexibility index (Phi) is 14.1. The maximum absolute atomic E-state index is 7.79. The molecule has 0 aliphatic heterocycles. The van der Waals surface area contributed by atoms with Crippen molar-refractivity contribution >= 4 is 47.0 Å². The quantitative estimate of drug-likeness (QED) is 0.222. The number of rotatable bonds is 9. The van der Waals surface area contributed by atoms with E-state index in [1.54, 1.807) is 44.0 Å². The van der Waals surface area contributed by atoms with Gasteiger partial charge in [-0.1, -0.05) is 162 Å². The fraction of sp³-hybridized carbons (Fsp3) is 0.750. The first-order valence-corrected chi connectivity index (χ1v) is 28.1. The van der Waals surface area contributed by atoms with E-state index in [-0.39, 0.29) is 0 Å². The Balaban J connectivity index is 1.38. The Morgan fingerprint density at radius 1 is 0.308 bits per heavy atom. The second-order valence-electron chi connectivity index (χ2n) is 18.6. The molecule has 0 N–H and O–H groups in total. The molecule has 6 fully saturated rings. The molecule has 0 unspecified atom stereocenters. The van der Waals surface area contributed by atoms with Gasteiger partial charge in [-0.25, -0.2) is 0 Å². The first-order valence-electron chi connectivity index (χ1n) is 22.9. The summed E-state index contributed by atoms with van der Waals surface area (Å²) < 4.78 is 0. The molecular formula is C48H70Cl2P2. The number of benzene rings is 2. The van der Waals surface area contributed by atoms with E-state index in [1.807, 2.05) is 0 Å². The highest BCUT2D eigenvalue weighted by Gasteiger charge is 2.39. The summed E-state index contributed by atoms with van der Waals surface area (Å²) in [7, 11) is -0.856. The van der Waals surface area contributed by atoms with Crippen LogP contribution in [0.2, 0.25) is 0 Å². The molecule has 52 heavy (non-hydrogen) atoms. The first-order chi connectivity index (χ1) is 25.7. The summed E-state index contributed by atoms with van der Waals surface area (Å²) in [6.07, 6.45) is 40.5. The van der Waals surface area contributed by atoms with Gasteiger partial charge in [0.05, 0.1) is 0 Å². The van der Waals surface area contributed by atoms with Crippen molar-refractivity contribution in [2.24, 2.45) is 0 Å². The summed E-state index contributed by atoms with van der Waals surface area (Å²) in [5, 5.41) is 3.48. The molecule has 8 rings (SSSR count). The van der Waals surface area contributed by atoms with Gasteiger partial charge >= 0.3 is 0 Å². The van der Waals surface area contributed by atoms with E-state index >= 15 is 0 Å². The Morgan fingerprint density at radius 2 is 0.519 bits per heavy atom. The molecule has 0 nitrogen and oxygen atoms in total. The van der Waals surface area contributed by atoms with Crippen LogP contribution in [0, 0.1) is 0 Å². The average Bonchev–Trinajstić information content (AvgIpc) is 3.22. The highest BCUT2D eigenvalue weighted by Crippen LogP contribution is 2.76. The monoisotopic (exact) mass is 778 g/mol. The van der Waals surface area contributed by atoms with E-state index in [1.165, 1.54) is 193 Å². The molecule has 2 aromatic carbocycles. The van der Waals surface area contributed by atoms with Crippen LogP contribution in [0.4, 0.5) is 0 Å². The highest BCUT2D eigenvalue weighted by molar-refractivity contribution is 8.54. The van der Waals surface area contributed by atoms with E-state index in [9.17, 15) is 0 Å². The number of hydrogen-bond acceptors (Lipinski definition) is 0. The van der Waals surface area contributed by atoms with Crippen LogP contribution in [0.5, 0.6) is 0 Å². The van der Waals surface area contributed by atoms with Gasteiger partial charge in [-0.05, 0) is 157 Å². The Morgan fingerprint density at radius 3 is 0.731 bits per heavy atom. The molecule has 4 heteroatoms. The zero-order chi connectivity index (χ0) is 35.3. The third kappa shape index (κ3) is 8.88. The van der Waals surface area contributed by atoms with Gasteiger partial charge in [0.2, 0.25) is 0 Å². The second kappa shape index (κ2) is 18.9. The van der Waals surface area contributed by atoms with Crippen LogP contribution in [0.15, 0.2) is 24.3 Å². The highest BCUT2D eigenvalue weighted by atomic mass is 35.9. The van der Waals surface area contributed by atoms with Crippen molar-refractivity contribution in [1.82, 2.24) is 0 Å². The molecule has 0 atom stereocenters. The van der Waals surface area contributed by atoms with Crippen LogP contribution >= 0.6 is 36.4 Å². The molecule has 0 bridgehead atoms. The Bertz CT molecular complexity index is 1250. The molecule has 0 aromatic heterocycles. The summed E-state index contributed by atoms with van der Waals surface area (Å²) >= 11 is 15.6. The van der Waals surface area contributed by atoms with E-state index in [4.69, 9.17) is 22.5 Å². The topological polar surface area (TPSA) is 0 Å². The Hall–Kier alpha value is -0.120. The fourth-order valence-electron chi connectivity index (χ4n) is 12.4. The summed E-state index contributed by atoms with van der Waals surface area (Å²) in [6.45, 7) is 0. The van der Waals surface area contributed by atoms with Crippen LogP contribution in [0.1, 0.15) is 262 Å². The summed E-state index contributed by atoms with van der Waals surface area (Å²) in [4.78, 5) is 0. The van der Waals surface area contributed by atoms with Crippen molar-refractivity contribution in [3.8, 4) is 0 Å². The van der Waals surface area contributed by atoms with Gasteiger partial charge in [0.25, 0.3) is 0 Å². The molecule has 2 aromatic rings. The van der Waals surface area contributed by atoms with Gasteiger partial charge in [-0.15, -0.1) is 0 Å². The molecule has 0 radical (unpaired) electrons. The molecule has 6 aliphatic carbocycles. The summed E-state index contributed by atoms with van der Waals surface area (Å²) in [5.74, 6) is 4.22. The van der Waals surface area contributed by atoms with Crippen molar-refractivity contribution in [2.75, 3.05) is 0 Å². The van der Waals surface area contributed by atoms with Crippen molar-refractivity contribution in [1.29, 1.82) is 0 Å². The van der Waals surface area contributed by atoms with Crippen molar-refractivity contribution in [2.45, 2.75) is 228 Å². The van der Waals surface area contributed by atoms with Gasteiger partial charge < -0.3 is 0 Å². The first kappa shape index (κ1) is 38.7. The molecular weight excluding hydrogens is 709 g/mol. The van der Waals surface area contributed by atoms with Crippen LogP contribution in [0.3, 0.4) is 0 Å². The molecule has 0 spiro atoms. The lowest BCUT2D eigenvalue weighted by Crippen LogP contribution is -2.30. The minimum absolute atomic E-state index is 0.681. The molecule has 6 saturated carbocycles. The van der Waals surface area contributed by atoms with Crippen LogP contribution in [-0.2, 0) is 0 Å². The zero-order valence-corrected chi connectivity index (χ0v) is 35.9. The number of hydrogen-bond donors (Lipinski definition) is 0. The smallest absolute Gasteiger partial charge is 0.0723 e. The van der Waals surface area contributed by atoms with E-state index in [0.717, 1.165) is 11.8 Å². The molecule has 0 heterocycles. The molecule has 6 aliphatic rings. The maximum Gasteiger partial charge on any atom is 0.118 e. The summed E-state index contributed by atoms with van der Waals surface area (Å²) in [5.41, 5.74) is 10.4. The van der Waals surface area contributed by atoms with E-state index < -0.39 is 13.9 Å². The third-order valence-electron chi connectivity index (χ3n) is 15.3. The zero-order valence-electron chi connectivity index (χ0n) is 32.6. The van der Waals surface area contributed by atoms with E-state index in [2.05, 4.69) is 24.3 Å². The SMILES string of the molecule is ClP(Cl)P(c1c(C2CCCCC2)cc(C2CCCCC2)cc1C1CCCCC1)c1c(C2CCCCC2)cc(C2CCCCC2)cc1C1CCCCC1. The largest absolute Gasteiger partial charge is 0.118 e. The predicted molar refractivity (Wildman–Crippen MR) is 233 cm³/mol.